The van der Waals surface area contributed by atoms with Crippen LogP contribution in [0.1, 0.15) is 26.3 Å². The van der Waals surface area contributed by atoms with Crippen molar-refractivity contribution in [2.45, 2.75) is 38.9 Å². The summed E-state index contributed by atoms with van der Waals surface area (Å²) in [6.45, 7) is 6.38. The molecular weight excluding hydrogens is 244 g/mol. The second-order valence-corrected chi connectivity index (χ2v) is 6.45. The average molecular weight is 264 g/mol. The summed E-state index contributed by atoms with van der Waals surface area (Å²) in [5, 5.41) is 13.4. The van der Waals surface area contributed by atoms with E-state index in [1.165, 1.54) is 15.6 Å². The Hall–Kier alpha value is -0.900. The smallest absolute Gasteiger partial charge is 0.0814 e. The zero-order valence-electron chi connectivity index (χ0n) is 11.1. The number of aliphatic hydroxyl groups is 1. The number of hydrogen-bond donors (Lipinski definition) is 1. The van der Waals surface area contributed by atoms with Crippen LogP contribution in [0.3, 0.4) is 0 Å². The first-order chi connectivity index (χ1) is 8.46. The zero-order chi connectivity index (χ0) is 13.2. The van der Waals surface area contributed by atoms with E-state index in [4.69, 9.17) is 4.74 Å². The minimum Gasteiger partial charge on any atom is -0.390 e. The van der Waals surface area contributed by atoms with Crippen molar-refractivity contribution in [1.82, 2.24) is 0 Å². The molecule has 18 heavy (non-hydrogen) atoms. The molecule has 0 aliphatic carbocycles. The first-order valence-electron chi connectivity index (χ1n) is 6.23. The van der Waals surface area contributed by atoms with E-state index < -0.39 is 6.10 Å². The number of benzene rings is 1. The Morgan fingerprint density at radius 3 is 2.72 bits per heavy atom. The van der Waals surface area contributed by atoms with Crippen LogP contribution in [0.4, 0.5) is 0 Å². The molecule has 0 fully saturated rings. The Morgan fingerprint density at radius 1 is 1.28 bits per heavy atom. The molecule has 1 aromatic carbocycles. The first kappa shape index (κ1) is 13.5. The Labute approximate surface area is 112 Å². The fraction of sp³-hybridized carbons (Fsp3) is 0.467. The van der Waals surface area contributed by atoms with E-state index in [-0.39, 0.29) is 5.60 Å². The van der Waals surface area contributed by atoms with Gasteiger partial charge < -0.3 is 9.84 Å². The molecular formula is C15H20O2S. The van der Waals surface area contributed by atoms with Gasteiger partial charge in [-0.3, -0.25) is 0 Å². The molecule has 2 aromatic rings. The van der Waals surface area contributed by atoms with Gasteiger partial charge in [-0.15, -0.1) is 11.3 Å². The molecule has 1 unspecified atom stereocenters. The van der Waals surface area contributed by atoms with E-state index in [1.54, 1.807) is 11.3 Å². The van der Waals surface area contributed by atoms with Gasteiger partial charge in [0.2, 0.25) is 0 Å². The van der Waals surface area contributed by atoms with Crippen LogP contribution in [0.15, 0.2) is 29.6 Å². The number of thiophene rings is 1. The predicted octanol–water partition coefficient (Wildman–Crippen LogP) is 3.62. The molecule has 0 aliphatic rings. The maximum atomic E-state index is 10.0. The van der Waals surface area contributed by atoms with E-state index in [0.717, 1.165) is 0 Å². The molecule has 0 aliphatic heterocycles. The second-order valence-electron chi connectivity index (χ2n) is 5.54. The lowest BCUT2D eigenvalue weighted by atomic mass is 10.1. The van der Waals surface area contributed by atoms with Gasteiger partial charge in [0.1, 0.15) is 0 Å². The average Bonchev–Trinajstić information content (AvgIpc) is 2.70. The van der Waals surface area contributed by atoms with Crippen molar-refractivity contribution in [3.8, 4) is 0 Å². The van der Waals surface area contributed by atoms with Gasteiger partial charge in [0.05, 0.1) is 18.3 Å². The summed E-state index contributed by atoms with van der Waals surface area (Å²) in [6, 6.07) is 8.30. The Balaban J connectivity index is 2.01. The van der Waals surface area contributed by atoms with Crippen molar-refractivity contribution in [1.29, 1.82) is 0 Å². The Bertz CT molecular complexity index is 510. The molecule has 1 heterocycles. The van der Waals surface area contributed by atoms with Gasteiger partial charge in [0.15, 0.2) is 0 Å². The fourth-order valence-corrected chi connectivity index (χ4v) is 2.83. The van der Waals surface area contributed by atoms with Crippen molar-refractivity contribution in [3.63, 3.8) is 0 Å². The second kappa shape index (κ2) is 5.39. The molecule has 3 heteroatoms. The lowest BCUT2D eigenvalue weighted by Gasteiger charge is -2.21. The molecule has 1 atom stereocenters. The van der Waals surface area contributed by atoms with E-state index in [2.05, 4.69) is 17.5 Å². The number of fused-ring (bicyclic) bond motifs is 1. The third-order valence-electron chi connectivity index (χ3n) is 2.73. The lowest BCUT2D eigenvalue weighted by Crippen LogP contribution is -2.27. The topological polar surface area (TPSA) is 29.5 Å². The van der Waals surface area contributed by atoms with Gasteiger partial charge in [-0.25, -0.2) is 0 Å². The molecule has 0 saturated carbocycles. The van der Waals surface area contributed by atoms with Crippen LogP contribution in [0, 0.1) is 0 Å². The minimum atomic E-state index is -0.442. The standard InChI is InChI=1S/C15H20O2S/c1-15(2,3)17-9-12(16)8-11-10-18-14-7-5-4-6-13(11)14/h4-7,10,12,16H,8-9H2,1-3H3. The highest BCUT2D eigenvalue weighted by Crippen LogP contribution is 2.26. The van der Waals surface area contributed by atoms with Crippen LogP contribution < -0.4 is 0 Å². The minimum absolute atomic E-state index is 0.197. The van der Waals surface area contributed by atoms with Crippen LogP contribution in [0.25, 0.3) is 10.1 Å². The third kappa shape index (κ3) is 3.55. The summed E-state index contributed by atoms with van der Waals surface area (Å²) in [5.41, 5.74) is 1.01. The monoisotopic (exact) mass is 264 g/mol. The van der Waals surface area contributed by atoms with Crippen LogP contribution in [0.2, 0.25) is 0 Å². The normalized spacial score (nSPS) is 14.0. The van der Waals surface area contributed by atoms with Gasteiger partial charge in [-0.05, 0) is 43.2 Å². The molecule has 1 N–H and O–H groups in total. The van der Waals surface area contributed by atoms with Gasteiger partial charge in [-0.1, -0.05) is 18.2 Å². The van der Waals surface area contributed by atoms with Crippen LogP contribution >= 0.6 is 11.3 Å². The number of ether oxygens (including phenoxy) is 1. The zero-order valence-corrected chi connectivity index (χ0v) is 12.0. The van der Waals surface area contributed by atoms with Crippen molar-refractivity contribution >= 4 is 21.4 Å². The van der Waals surface area contributed by atoms with Gasteiger partial charge in [0.25, 0.3) is 0 Å². The highest BCUT2D eigenvalue weighted by atomic mass is 32.1. The Kier molecular flexibility index (Phi) is 4.05. The van der Waals surface area contributed by atoms with Crippen molar-refractivity contribution in [2.75, 3.05) is 6.61 Å². The highest BCUT2D eigenvalue weighted by Gasteiger charge is 2.15. The quantitative estimate of drug-likeness (QED) is 0.914. The van der Waals surface area contributed by atoms with Crippen molar-refractivity contribution in [2.24, 2.45) is 0 Å². The molecule has 2 rings (SSSR count). The van der Waals surface area contributed by atoms with Crippen molar-refractivity contribution in [3.05, 3.63) is 35.2 Å². The molecule has 0 saturated heterocycles. The SMILES string of the molecule is CC(C)(C)OCC(O)Cc1csc2ccccc12. The summed E-state index contributed by atoms with van der Waals surface area (Å²) >= 11 is 1.73. The lowest BCUT2D eigenvalue weighted by molar-refractivity contribution is -0.0481. The first-order valence-corrected chi connectivity index (χ1v) is 7.11. The maximum absolute atomic E-state index is 10.0. The van der Waals surface area contributed by atoms with Crippen LogP contribution in [0.5, 0.6) is 0 Å². The Morgan fingerprint density at radius 2 is 2.00 bits per heavy atom. The summed E-state index contributed by atoms with van der Waals surface area (Å²) < 4.78 is 6.88. The van der Waals surface area contributed by atoms with Crippen LogP contribution in [-0.2, 0) is 11.2 Å². The highest BCUT2D eigenvalue weighted by molar-refractivity contribution is 7.17. The largest absolute Gasteiger partial charge is 0.390 e. The molecule has 0 amide bonds. The van der Waals surface area contributed by atoms with E-state index in [0.29, 0.717) is 13.0 Å². The van der Waals surface area contributed by atoms with E-state index in [1.807, 2.05) is 32.9 Å². The molecule has 1 aromatic heterocycles. The number of rotatable bonds is 4. The molecule has 0 spiro atoms. The summed E-state index contributed by atoms with van der Waals surface area (Å²) in [4.78, 5) is 0. The van der Waals surface area contributed by atoms with Crippen molar-refractivity contribution < 1.29 is 9.84 Å². The molecule has 2 nitrogen and oxygen atoms in total. The third-order valence-corrected chi connectivity index (χ3v) is 3.74. The molecule has 98 valence electrons. The maximum Gasteiger partial charge on any atom is 0.0814 e. The van der Waals surface area contributed by atoms with Gasteiger partial charge >= 0.3 is 0 Å². The molecule has 0 bridgehead atoms. The van der Waals surface area contributed by atoms with E-state index >= 15 is 0 Å². The van der Waals surface area contributed by atoms with Crippen LogP contribution in [-0.4, -0.2) is 23.4 Å². The van der Waals surface area contributed by atoms with E-state index in [9.17, 15) is 5.11 Å². The predicted molar refractivity (Wildman–Crippen MR) is 77.2 cm³/mol. The van der Waals surface area contributed by atoms with Gasteiger partial charge in [0, 0.05) is 11.1 Å². The van der Waals surface area contributed by atoms with Gasteiger partial charge in [-0.2, -0.15) is 0 Å². The summed E-state index contributed by atoms with van der Waals surface area (Å²) in [5.74, 6) is 0. The summed E-state index contributed by atoms with van der Waals surface area (Å²) in [7, 11) is 0. The fourth-order valence-electron chi connectivity index (χ4n) is 1.85. The summed E-state index contributed by atoms with van der Waals surface area (Å²) in [6.07, 6.45) is 0.210. The number of hydrogen-bond acceptors (Lipinski definition) is 3. The number of aliphatic hydroxyl groups excluding tert-OH is 1. The molecule has 0 radical (unpaired) electrons.